The lowest BCUT2D eigenvalue weighted by Crippen LogP contribution is -2.02. The summed E-state index contributed by atoms with van der Waals surface area (Å²) in [6.45, 7) is 2.77. The molecule has 2 heterocycles. The van der Waals surface area contributed by atoms with Crippen molar-refractivity contribution in [3.05, 3.63) is 20.3 Å². The van der Waals surface area contributed by atoms with Crippen LogP contribution in [-0.2, 0) is 4.74 Å². The lowest BCUT2D eigenvalue weighted by molar-refractivity contribution is 0.103. The van der Waals surface area contributed by atoms with E-state index in [1.54, 1.807) is 11.3 Å². The normalized spacial score (nSPS) is 26.4. The molecule has 0 bridgehead atoms. The zero-order chi connectivity index (χ0) is 10.1. The Morgan fingerprint density at radius 1 is 1.71 bits per heavy atom. The molecule has 4 heteroatoms. The first-order valence-electron chi connectivity index (χ1n) is 4.49. The molecule has 0 saturated carbocycles. The average Bonchev–Trinajstić information content (AvgIpc) is 2.73. The molecule has 1 aromatic heterocycles. The minimum atomic E-state index is -0.00463. The number of nitriles is 1. The summed E-state index contributed by atoms with van der Waals surface area (Å²) in [6, 6.07) is 4.38. The van der Waals surface area contributed by atoms with Crippen molar-refractivity contribution >= 4 is 27.3 Å². The van der Waals surface area contributed by atoms with Crippen molar-refractivity contribution in [2.45, 2.75) is 19.4 Å². The Balaban J connectivity index is 2.27. The van der Waals surface area contributed by atoms with Crippen molar-refractivity contribution in [2.24, 2.45) is 5.92 Å². The van der Waals surface area contributed by atoms with Crippen molar-refractivity contribution < 1.29 is 4.74 Å². The summed E-state index contributed by atoms with van der Waals surface area (Å²) in [5.41, 5.74) is 0. The third kappa shape index (κ3) is 1.72. The lowest BCUT2D eigenvalue weighted by Gasteiger charge is -2.09. The second kappa shape index (κ2) is 4.01. The van der Waals surface area contributed by atoms with Gasteiger partial charge in [-0.05, 0) is 35.3 Å². The first kappa shape index (κ1) is 10.2. The number of hydrogen-bond acceptors (Lipinski definition) is 3. The molecule has 1 aromatic rings. The quantitative estimate of drug-likeness (QED) is 0.784. The predicted molar refractivity (Wildman–Crippen MR) is 59.2 cm³/mol. The molecule has 2 unspecified atom stereocenters. The van der Waals surface area contributed by atoms with Crippen molar-refractivity contribution in [2.75, 3.05) is 6.61 Å². The van der Waals surface area contributed by atoms with Crippen LogP contribution in [0.1, 0.15) is 22.3 Å². The van der Waals surface area contributed by atoms with E-state index in [-0.39, 0.29) is 12.0 Å². The molecule has 0 aliphatic carbocycles. The van der Waals surface area contributed by atoms with Gasteiger partial charge in [0.1, 0.15) is 6.10 Å². The number of nitrogens with zero attached hydrogens (tertiary/aromatic N) is 1. The van der Waals surface area contributed by atoms with E-state index in [0.29, 0.717) is 6.61 Å². The molecule has 2 rings (SSSR count). The van der Waals surface area contributed by atoms with E-state index < -0.39 is 0 Å². The van der Waals surface area contributed by atoms with Crippen molar-refractivity contribution in [1.29, 1.82) is 5.26 Å². The van der Waals surface area contributed by atoms with E-state index in [4.69, 9.17) is 10.00 Å². The number of hydrogen-bond donors (Lipinski definition) is 0. The first-order valence-corrected chi connectivity index (χ1v) is 6.10. The molecule has 1 aliphatic heterocycles. The molecule has 1 saturated heterocycles. The maximum Gasteiger partial charge on any atom is 0.108 e. The molecule has 1 aliphatic rings. The van der Waals surface area contributed by atoms with Crippen molar-refractivity contribution in [3.63, 3.8) is 0 Å². The Labute approximate surface area is 95.6 Å². The van der Waals surface area contributed by atoms with Gasteiger partial charge in [-0.15, -0.1) is 11.3 Å². The van der Waals surface area contributed by atoms with E-state index in [9.17, 15) is 0 Å². The summed E-state index contributed by atoms with van der Waals surface area (Å²) >= 11 is 5.18. The van der Waals surface area contributed by atoms with Crippen LogP contribution in [0.25, 0.3) is 0 Å². The van der Waals surface area contributed by atoms with E-state index in [1.165, 1.54) is 9.75 Å². The van der Waals surface area contributed by atoms with Crippen LogP contribution in [0, 0.1) is 24.2 Å². The topological polar surface area (TPSA) is 33.0 Å². The van der Waals surface area contributed by atoms with Gasteiger partial charge < -0.3 is 4.74 Å². The third-order valence-corrected chi connectivity index (χ3v) is 4.61. The van der Waals surface area contributed by atoms with E-state index >= 15 is 0 Å². The third-order valence-electron chi connectivity index (χ3n) is 2.41. The van der Waals surface area contributed by atoms with Crippen LogP contribution in [0.15, 0.2) is 10.5 Å². The summed E-state index contributed by atoms with van der Waals surface area (Å²) in [4.78, 5) is 2.41. The van der Waals surface area contributed by atoms with E-state index in [1.807, 2.05) is 0 Å². The summed E-state index contributed by atoms with van der Waals surface area (Å²) in [5.74, 6) is 0.0277. The highest BCUT2D eigenvalue weighted by Gasteiger charge is 2.31. The molecule has 74 valence electrons. The smallest absolute Gasteiger partial charge is 0.108 e. The maximum absolute atomic E-state index is 8.94. The van der Waals surface area contributed by atoms with Crippen LogP contribution < -0.4 is 0 Å². The molecule has 0 amide bonds. The van der Waals surface area contributed by atoms with Gasteiger partial charge in [-0.1, -0.05) is 0 Å². The van der Waals surface area contributed by atoms with Gasteiger partial charge in [0.05, 0.1) is 12.0 Å². The largest absolute Gasteiger partial charge is 0.371 e. The molecular formula is C10H10BrNOS. The Morgan fingerprint density at radius 3 is 3.07 bits per heavy atom. The number of aryl methyl sites for hydroxylation is 1. The zero-order valence-electron chi connectivity index (χ0n) is 7.79. The SMILES string of the molecule is Cc1sc(C2OCCC2C#N)cc1Br. The summed E-state index contributed by atoms with van der Waals surface area (Å²) < 4.78 is 6.69. The molecule has 1 fully saturated rings. The van der Waals surface area contributed by atoms with Gasteiger partial charge in [-0.2, -0.15) is 5.26 Å². The Morgan fingerprint density at radius 2 is 2.50 bits per heavy atom. The van der Waals surface area contributed by atoms with Gasteiger partial charge in [0.15, 0.2) is 0 Å². The molecule has 14 heavy (non-hydrogen) atoms. The number of halogens is 1. The van der Waals surface area contributed by atoms with Gasteiger partial charge in [-0.25, -0.2) is 0 Å². The fraction of sp³-hybridized carbons (Fsp3) is 0.500. The van der Waals surface area contributed by atoms with Crippen LogP contribution in [0.5, 0.6) is 0 Å². The summed E-state index contributed by atoms with van der Waals surface area (Å²) in [6.07, 6.45) is 0.852. The molecule has 0 N–H and O–H groups in total. The van der Waals surface area contributed by atoms with Gasteiger partial charge in [0.2, 0.25) is 0 Å². The average molecular weight is 272 g/mol. The van der Waals surface area contributed by atoms with Crippen LogP contribution >= 0.6 is 27.3 Å². The van der Waals surface area contributed by atoms with Gasteiger partial charge in [0, 0.05) is 20.8 Å². The minimum Gasteiger partial charge on any atom is -0.371 e. The van der Waals surface area contributed by atoms with Crippen LogP contribution in [0.2, 0.25) is 0 Å². The highest BCUT2D eigenvalue weighted by Crippen LogP contribution is 2.40. The Hall–Kier alpha value is -0.370. The van der Waals surface area contributed by atoms with E-state index in [0.717, 1.165) is 10.9 Å². The second-order valence-electron chi connectivity index (χ2n) is 3.37. The zero-order valence-corrected chi connectivity index (χ0v) is 10.2. The number of rotatable bonds is 1. The molecule has 2 nitrogen and oxygen atoms in total. The van der Waals surface area contributed by atoms with Crippen LogP contribution in [0.3, 0.4) is 0 Å². The molecular weight excluding hydrogens is 262 g/mol. The standard InChI is InChI=1S/C10H10BrNOS/c1-6-8(11)4-9(14-6)10-7(5-12)2-3-13-10/h4,7,10H,2-3H2,1H3. The summed E-state index contributed by atoms with van der Waals surface area (Å²) in [7, 11) is 0. The van der Waals surface area contributed by atoms with E-state index in [2.05, 4.69) is 35.0 Å². The Kier molecular flexibility index (Phi) is 2.91. The fourth-order valence-corrected chi connectivity index (χ4v) is 3.30. The number of ether oxygens (including phenoxy) is 1. The maximum atomic E-state index is 8.94. The highest BCUT2D eigenvalue weighted by atomic mass is 79.9. The number of thiophene rings is 1. The lowest BCUT2D eigenvalue weighted by atomic mass is 10.0. The first-order chi connectivity index (χ1) is 6.72. The predicted octanol–water partition coefficient (Wildman–Crippen LogP) is 3.42. The molecule has 0 spiro atoms. The fourth-order valence-electron chi connectivity index (χ4n) is 1.62. The molecule has 0 aromatic carbocycles. The van der Waals surface area contributed by atoms with Gasteiger partial charge in [-0.3, -0.25) is 0 Å². The van der Waals surface area contributed by atoms with Gasteiger partial charge >= 0.3 is 0 Å². The summed E-state index contributed by atoms with van der Waals surface area (Å²) in [5, 5.41) is 8.94. The Bertz CT molecular complexity index is 362. The van der Waals surface area contributed by atoms with Crippen LogP contribution in [-0.4, -0.2) is 6.61 Å². The minimum absolute atomic E-state index is 0.00463. The van der Waals surface area contributed by atoms with Crippen molar-refractivity contribution in [1.82, 2.24) is 0 Å². The van der Waals surface area contributed by atoms with Gasteiger partial charge in [0.25, 0.3) is 0 Å². The van der Waals surface area contributed by atoms with Crippen LogP contribution in [0.4, 0.5) is 0 Å². The van der Waals surface area contributed by atoms with Crippen molar-refractivity contribution in [3.8, 4) is 6.07 Å². The highest BCUT2D eigenvalue weighted by molar-refractivity contribution is 9.10. The monoisotopic (exact) mass is 271 g/mol. The second-order valence-corrected chi connectivity index (χ2v) is 5.51. The molecule has 2 atom stereocenters. The molecule has 0 radical (unpaired) electrons.